The number of ether oxygens (including phenoxy) is 1. The largest absolute Gasteiger partial charge is 0.420 e. The van der Waals surface area contributed by atoms with Crippen molar-refractivity contribution in [3.05, 3.63) is 52.8 Å². The van der Waals surface area contributed by atoms with Gasteiger partial charge in [0, 0.05) is 19.3 Å². The van der Waals surface area contributed by atoms with Gasteiger partial charge in [0.1, 0.15) is 4.60 Å². The molecule has 128 valence electrons. The van der Waals surface area contributed by atoms with Gasteiger partial charge in [0.2, 0.25) is 10.0 Å². The number of pyridine rings is 1. The third kappa shape index (κ3) is 4.00. The molecule has 0 bridgehead atoms. The summed E-state index contributed by atoms with van der Waals surface area (Å²) in [6, 6.07) is 9.03. The summed E-state index contributed by atoms with van der Waals surface area (Å²) in [4.78, 5) is 16.3. The Hall–Kier alpha value is -1.77. The first kappa shape index (κ1) is 18.6. The average molecular weight is 413 g/mol. The number of hydrogen-bond acceptors (Lipinski definition) is 5. The summed E-state index contributed by atoms with van der Waals surface area (Å²) < 4.78 is 32.1. The van der Waals surface area contributed by atoms with Gasteiger partial charge in [-0.05, 0) is 46.3 Å². The fraction of sp³-hybridized carbons (Fsp3) is 0.250. The smallest absolute Gasteiger partial charge is 0.343 e. The lowest BCUT2D eigenvalue weighted by Crippen LogP contribution is -2.30. The number of benzene rings is 1. The average Bonchev–Trinajstić information content (AvgIpc) is 2.58. The van der Waals surface area contributed by atoms with E-state index in [0.29, 0.717) is 17.7 Å². The minimum Gasteiger partial charge on any atom is -0.420 e. The Balaban J connectivity index is 2.30. The van der Waals surface area contributed by atoms with Crippen molar-refractivity contribution in [3.63, 3.8) is 0 Å². The highest BCUT2D eigenvalue weighted by Gasteiger charge is 2.23. The molecule has 0 radical (unpaired) electrons. The standard InChI is InChI=1S/C16H17BrN2O4S/c1-3-19(4-2)24(21,22)13-8-5-7-12(11-13)16(20)23-14-9-6-10-18-15(14)17/h5-11H,3-4H2,1-2H3. The predicted molar refractivity (Wildman–Crippen MR) is 93.4 cm³/mol. The van der Waals surface area contributed by atoms with E-state index in [4.69, 9.17) is 4.74 Å². The zero-order valence-corrected chi connectivity index (χ0v) is 15.7. The molecule has 0 aliphatic rings. The van der Waals surface area contributed by atoms with E-state index in [-0.39, 0.29) is 16.2 Å². The van der Waals surface area contributed by atoms with Gasteiger partial charge in [-0.15, -0.1) is 0 Å². The summed E-state index contributed by atoms with van der Waals surface area (Å²) >= 11 is 3.19. The van der Waals surface area contributed by atoms with Gasteiger partial charge >= 0.3 is 5.97 Å². The highest BCUT2D eigenvalue weighted by Crippen LogP contribution is 2.23. The number of hydrogen-bond donors (Lipinski definition) is 0. The highest BCUT2D eigenvalue weighted by molar-refractivity contribution is 9.10. The van der Waals surface area contributed by atoms with Crippen molar-refractivity contribution in [1.29, 1.82) is 0 Å². The van der Waals surface area contributed by atoms with Gasteiger partial charge in [-0.1, -0.05) is 19.9 Å². The molecule has 0 aliphatic heterocycles. The molecule has 0 aliphatic carbocycles. The maximum absolute atomic E-state index is 12.5. The van der Waals surface area contributed by atoms with Crippen LogP contribution in [0.3, 0.4) is 0 Å². The zero-order valence-electron chi connectivity index (χ0n) is 13.3. The van der Waals surface area contributed by atoms with Crippen molar-refractivity contribution in [2.45, 2.75) is 18.7 Å². The molecule has 1 aromatic heterocycles. The molecule has 0 spiro atoms. The highest BCUT2D eigenvalue weighted by atomic mass is 79.9. The number of halogens is 1. The molecule has 8 heteroatoms. The second kappa shape index (κ2) is 7.87. The molecule has 0 N–H and O–H groups in total. The number of nitrogens with zero attached hydrogens (tertiary/aromatic N) is 2. The molecule has 1 heterocycles. The number of aromatic nitrogens is 1. The molecule has 0 atom stereocenters. The van der Waals surface area contributed by atoms with Crippen LogP contribution in [0, 0.1) is 0 Å². The molecule has 2 rings (SSSR count). The van der Waals surface area contributed by atoms with Gasteiger partial charge in [0.25, 0.3) is 0 Å². The van der Waals surface area contributed by atoms with Gasteiger partial charge in [0.05, 0.1) is 10.5 Å². The van der Waals surface area contributed by atoms with Crippen molar-refractivity contribution < 1.29 is 17.9 Å². The lowest BCUT2D eigenvalue weighted by Gasteiger charge is -2.18. The monoisotopic (exact) mass is 412 g/mol. The molecule has 1 aromatic carbocycles. The molecule has 0 fully saturated rings. The third-order valence-corrected chi connectivity index (χ3v) is 5.98. The van der Waals surface area contributed by atoms with E-state index >= 15 is 0 Å². The zero-order chi connectivity index (χ0) is 17.7. The number of sulfonamides is 1. The van der Waals surface area contributed by atoms with Crippen LogP contribution >= 0.6 is 15.9 Å². The van der Waals surface area contributed by atoms with Crippen molar-refractivity contribution >= 4 is 31.9 Å². The summed E-state index contributed by atoms with van der Waals surface area (Å²) in [5.41, 5.74) is 0.152. The second-order valence-corrected chi connectivity index (χ2v) is 7.49. The molecule has 0 unspecified atom stereocenters. The molecule has 2 aromatic rings. The first-order valence-electron chi connectivity index (χ1n) is 7.33. The predicted octanol–water partition coefficient (Wildman–Crippen LogP) is 3.09. The first-order chi connectivity index (χ1) is 11.4. The van der Waals surface area contributed by atoms with Crippen LogP contribution in [0.15, 0.2) is 52.1 Å². The van der Waals surface area contributed by atoms with Crippen molar-refractivity contribution in [2.75, 3.05) is 13.1 Å². The Morgan fingerprint density at radius 3 is 2.54 bits per heavy atom. The number of rotatable bonds is 6. The molecular weight excluding hydrogens is 396 g/mol. The maximum atomic E-state index is 12.5. The van der Waals surface area contributed by atoms with Crippen LogP contribution in [0.25, 0.3) is 0 Å². The van der Waals surface area contributed by atoms with E-state index < -0.39 is 16.0 Å². The molecule has 24 heavy (non-hydrogen) atoms. The van der Waals surface area contributed by atoms with Gasteiger partial charge in [-0.3, -0.25) is 0 Å². The maximum Gasteiger partial charge on any atom is 0.343 e. The van der Waals surface area contributed by atoms with E-state index in [1.165, 1.54) is 28.6 Å². The second-order valence-electron chi connectivity index (χ2n) is 4.80. The fourth-order valence-corrected chi connectivity index (χ4v) is 3.94. The van der Waals surface area contributed by atoms with Crippen molar-refractivity contribution in [3.8, 4) is 5.75 Å². The Kier molecular flexibility index (Phi) is 6.09. The molecule has 0 saturated carbocycles. The quantitative estimate of drug-likeness (QED) is 0.537. The lowest BCUT2D eigenvalue weighted by atomic mass is 10.2. The number of esters is 1. The first-order valence-corrected chi connectivity index (χ1v) is 9.56. The van der Waals surface area contributed by atoms with E-state index in [1.54, 1.807) is 32.2 Å². The summed E-state index contributed by atoms with van der Waals surface area (Å²) in [7, 11) is -3.63. The van der Waals surface area contributed by atoms with Gasteiger partial charge < -0.3 is 4.74 Å². The van der Waals surface area contributed by atoms with Gasteiger partial charge in [-0.25, -0.2) is 18.2 Å². The van der Waals surface area contributed by atoms with Crippen LogP contribution in [-0.2, 0) is 10.0 Å². The minimum absolute atomic E-state index is 0.0610. The van der Waals surface area contributed by atoms with Crippen LogP contribution < -0.4 is 4.74 Å². The summed E-state index contributed by atoms with van der Waals surface area (Å²) in [6.45, 7) is 4.24. The SMILES string of the molecule is CCN(CC)S(=O)(=O)c1cccc(C(=O)Oc2cccnc2Br)c1. The Morgan fingerprint density at radius 2 is 1.92 bits per heavy atom. The van der Waals surface area contributed by atoms with Crippen LogP contribution in [0.4, 0.5) is 0 Å². The number of carbonyl (C=O) groups is 1. The summed E-state index contributed by atoms with van der Waals surface area (Å²) in [5.74, 6) is -0.389. The molecule has 0 saturated heterocycles. The van der Waals surface area contributed by atoms with E-state index in [0.717, 1.165) is 0 Å². The third-order valence-electron chi connectivity index (χ3n) is 3.34. The van der Waals surface area contributed by atoms with Crippen LogP contribution in [0.5, 0.6) is 5.75 Å². The van der Waals surface area contributed by atoms with Crippen LogP contribution in [-0.4, -0.2) is 36.8 Å². The van der Waals surface area contributed by atoms with Crippen molar-refractivity contribution in [1.82, 2.24) is 9.29 Å². The van der Waals surface area contributed by atoms with E-state index in [9.17, 15) is 13.2 Å². The minimum atomic E-state index is -3.63. The topological polar surface area (TPSA) is 76.6 Å². The number of carbonyl (C=O) groups excluding carboxylic acids is 1. The van der Waals surface area contributed by atoms with Crippen LogP contribution in [0.1, 0.15) is 24.2 Å². The Bertz CT molecular complexity index is 835. The fourth-order valence-electron chi connectivity index (χ4n) is 2.10. The summed E-state index contributed by atoms with van der Waals surface area (Å²) in [5, 5.41) is 0. The van der Waals surface area contributed by atoms with E-state index in [2.05, 4.69) is 20.9 Å². The Morgan fingerprint density at radius 1 is 1.21 bits per heavy atom. The van der Waals surface area contributed by atoms with Crippen LogP contribution in [0.2, 0.25) is 0 Å². The molecule has 0 amide bonds. The lowest BCUT2D eigenvalue weighted by molar-refractivity contribution is 0.0732. The Labute approximate surface area is 149 Å². The normalized spacial score (nSPS) is 11.5. The molecule has 6 nitrogen and oxygen atoms in total. The van der Waals surface area contributed by atoms with Gasteiger partial charge in [-0.2, -0.15) is 4.31 Å². The molecular formula is C16H17BrN2O4S. The van der Waals surface area contributed by atoms with Crippen molar-refractivity contribution in [2.24, 2.45) is 0 Å². The summed E-state index contributed by atoms with van der Waals surface area (Å²) in [6.07, 6.45) is 1.55. The van der Waals surface area contributed by atoms with E-state index in [1.807, 2.05) is 0 Å². The van der Waals surface area contributed by atoms with Gasteiger partial charge in [0.15, 0.2) is 5.75 Å².